The lowest BCUT2D eigenvalue weighted by Gasteiger charge is -2.21. The number of nitrogens with one attached hydrogen (secondary N) is 1. The molecule has 120 valence electrons. The fourth-order valence-corrected chi connectivity index (χ4v) is 3.49. The van der Waals surface area contributed by atoms with Gasteiger partial charge in [0.25, 0.3) is 0 Å². The zero-order chi connectivity index (χ0) is 15.5. The summed E-state index contributed by atoms with van der Waals surface area (Å²) in [5.41, 5.74) is 6.98. The van der Waals surface area contributed by atoms with Crippen LogP contribution in [0.4, 0.5) is 5.13 Å². The average molecular weight is 405 g/mol. The first kappa shape index (κ1) is 19.1. The Morgan fingerprint density at radius 2 is 2.05 bits per heavy atom. The van der Waals surface area contributed by atoms with E-state index in [1.807, 2.05) is 37.3 Å². The molecule has 1 amide bonds. The number of carbonyl (C=O) groups excluding carboxylic acids is 1. The number of rotatable bonds is 5. The Kier molecular flexibility index (Phi) is 6.99. The molecule has 0 spiro atoms. The molecule has 1 heterocycles. The van der Waals surface area contributed by atoms with Gasteiger partial charge in [0.2, 0.25) is 5.91 Å². The first-order valence-corrected chi connectivity index (χ1v) is 8.37. The minimum absolute atomic E-state index is 0. The molecule has 7 heteroatoms. The van der Waals surface area contributed by atoms with Crippen LogP contribution in [0.2, 0.25) is 0 Å². The number of anilines is 1. The summed E-state index contributed by atoms with van der Waals surface area (Å²) in [5, 5.41) is 3.37. The van der Waals surface area contributed by atoms with Crippen LogP contribution in [0.1, 0.15) is 26.7 Å². The average Bonchev–Trinajstić information content (AvgIpc) is 2.80. The van der Waals surface area contributed by atoms with E-state index in [0.29, 0.717) is 11.6 Å². The number of carbonyl (C=O) groups is 1. The smallest absolute Gasteiger partial charge is 0.245 e. The number of hydrogen-bond donors (Lipinski definition) is 2. The molecule has 0 aliphatic rings. The highest BCUT2D eigenvalue weighted by atomic mass is 79.9. The Balaban J connectivity index is 0.00000242. The third-order valence-electron chi connectivity index (χ3n) is 3.14. The van der Waals surface area contributed by atoms with Gasteiger partial charge in [-0.2, -0.15) is 0 Å². The predicted octanol–water partition coefficient (Wildman–Crippen LogP) is 4.45. The molecule has 0 saturated heterocycles. The van der Waals surface area contributed by atoms with Crippen molar-refractivity contribution in [2.75, 3.05) is 5.32 Å². The minimum atomic E-state index is -0.875. The maximum absolute atomic E-state index is 12.2. The van der Waals surface area contributed by atoms with Crippen LogP contribution in [0.5, 0.6) is 0 Å². The van der Waals surface area contributed by atoms with Crippen molar-refractivity contribution in [1.29, 1.82) is 0 Å². The molecule has 1 atom stereocenters. The van der Waals surface area contributed by atoms with Gasteiger partial charge < -0.3 is 11.1 Å². The maximum Gasteiger partial charge on any atom is 0.245 e. The number of nitrogens with zero attached hydrogens (tertiary/aromatic N) is 1. The van der Waals surface area contributed by atoms with Crippen molar-refractivity contribution in [3.8, 4) is 11.3 Å². The molecule has 2 rings (SSSR count). The number of halogens is 2. The van der Waals surface area contributed by atoms with Crippen LogP contribution in [0.25, 0.3) is 11.3 Å². The van der Waals surface area contributed by atoms with E-state index in [0.717, 1.165) is 21.5 Å². The summed E-state index contributed by atoms with van der Waals surface area (Å²) in [6, 6.07) is 9.83. The van der Waals surface area contributed by atoms with Crippen LogP contribution < -0.4 is 11.1 Å². The van der Waals surface area contributed by atoms with E-state index < -0.39 is 5.54 Å². The van der Waals surface area contributed by atoms with Crippen molar-refractivity contribution in [3.05, 3.63) is 34.1 Å². The standard InChI is InChI=1S/C15H18BrN3OS.ClH/c1-3-9-15(2,17)13(20)19-14-18-11(12(16)21-14)10-7-5-4-6-8-10;/h4-8H,3,9,17H2,1-2H3,(H,18,19,20);1H. The molecule has 4 nitrogen and oxygen atoms in total. The van der Waals surface area contributed by atoms with Crippen molar-refractivity contribution < 1.29 is 4.79 Å². The van der Waals surface area contributed by atoms with Gasteiger partial charge in [-0.3, -0.25) is 4.79 Å². The molecule has 0 aliphatic carbocycles. The molecule has 1 aromatic heterocycles. The van der Waals surface area contributed by atoms with Gasteiger partial charge in [0, 0.05) is 5.56 Å². The predicted molar refractivity (Wildman–Crippen MR) is 98.6 cm³/mol. The van der Waals surface area contributed by atoms with Gasteiger partial charge in [-0.15, -0.1) is 12.4 Å². The van der Waals surface area contributed by atoms with Gasteiger partial charge in [-0.1, -0.05) is 55.0 Å². The summed E-state index contributed by atoms with van der Waals surface area (Å²) in [6.07, 6.45) is 1.49. The summed E-state index contributed by atoms with van der Waals surface area (Å²) in [4.78, 5) is 16.7. The van der Waals surface area contributed by atoms with Gasteiger partial charge in [-0.05, 0) is 29.3 Å². The molecular formula is C15H19BrClN3OS. The van der Waals surface area contributed by atoms with E-state index in [1.54, 1.807) is 6.92 Å². The molecule has 0 fully saturated rings. The molecule has 22 heavy (non-hydrogen) atoms. The summed E-state index contributed by atoms with van der Waals surface area (Å²) in [5.74, 6) is -0.204. The fourth-order valence-electron chi connectivity index (χ4n) is 2.00. The second-order valence-electron chi connectivity index (χ2n) is 5.13. The van der Waals surface area contributed by atoms with E-state index in [9.17, 15) is 4.79 Å². The van der Waals surface area contributed by atoms with E-state index >= 15 is 0 Å². The molecule has 1 unspecified atom stereocenters. The zero-order valence-corrected chi connectivity index (χ0v) is 15.6. The van der Waals surface area contributed by atoms with Gasteiger partial charge in [-0.25, -0.2) is 4.98 Å². The minimum Gasteiger partial charge on any atom is -0.318 e. The van der Waals surface area contributed by atoms with E-state index in [-0.39, 0.29) is 18.3 Å². The molecule has 0 aliphatic heterocycles. The molecular weight excluding hydrogens is 386 g/mol. The summed E-state index contributed by atoms with van der Waals surface area (Å²) in [7, 11) is 0. The van der Waals surface area contributed by atoms with Crippen LogP contribution >= 0.6 is 39.7 Å². The normalized spacial score (nSPS) is 13.1. The number of nitrogens with two attached hydrogens (primary N) is 1. The van der Waals surface area contributed by atoms with Gasteiger partial charge in [0.1, 0.15) is 0 Å². The van der Waals surface area contributed by atoms with Crippen molar-refractivity contribution in [1.82, 2.24) is 4.98 Å². The van der Waals surface area contributed by atoms with Gasteiger partial charge in [0.15, 0.2) is 5.13 Å². The third kappa shape index (κ3) is 4.52. The number of hydrogen-bond acceptors (Lipinski definition) is 4. The zero-order valence-electron chi connectivity index (χ0n) is 12.4. The number of aromatic nitrogens is 1. The van der Waals surface area contributed by atoms with Crippen LogP contribution in [-0.2, 0) is 4.79 Å². The Bertz CT molecular complexity index is 631. The quantitative estimate of drug-likeness (QED) is 0.773. The molecule has 0 radical (unpaired) electrons. The highest BCUT2D eigenvalue weighted by Gasteiger charge is 2.28. The molecule has 2 aromatic rings. The summed E-state index contributed by atoms with van der Waals surface area (Å²) in [6.45, 7) is 3.75. The first-order valence-electron chi connectivity index (χ1n) is 6.76. The first-order chi connectivity index (χ1) is 9.94. The Labute approximate surface area is 149 Å². The monoisotopic (exact) mass is 403 g/mol. The number of thiazole rings is 1. The van der Waals surface area contributed by atoms with Crippen molar-refractivity contribution in [3.63, 3.8) is 0 Å². The topological polar surface area (TPSA) is 68.0 Å². The molecule has 0 saturated carbocycles. The lowest BCUT2D eigenvalue weighted by Crippen LogP contribution is -2.48. The van der Waals surface area contributed by atoms with Crippen molar-refractivity contribution in [2.45, 2.75) is 32.2 Å². The highest BCUT2D eigenvalue weighted by molar-refractivity contribution is 9.11. The largest absolute Gasteiger partial charge is 0.318 e. The lowest BCUT2D eigenvalue weighted by molar-refractivity contribution is -0.120. The van der Waals surface area contributed by atoms with E-state index in [2.05, 4.69) is 26.2 Å². The molecule has 0 bridgehead atoms. The Morgan fingerprint density at radius 1 is 1.41 bits per heavy atom. The van der Waals surface area contributed by atoms with E-state index in [1.165, 1.54) is 11.3 Å². The van der Waals surface area contributed by atoms with Crippen LogP contribution in [0, 0.1) is 0 Å². The fraction of sp³-hybridized carbons (Fsp3) is 0.333. The second-order valence-corrected chi connectivity index (χ2v) is 7.45. The SMILES string of the molecule is CCCC(C)(N)C(=O)Nc1nc(-c2ccccc2)c(Br)s1.Cl. The van der Waals surface area contributed by atoms with Gasteiger partial charge >= 0.3 is 0 Å². The number of amides is 1. The van der Waals surface area contributed by atoms with Crippen LogP contribution in [0.15, 0.2) is 34.1 Å². The van der Waals surface area contributed by atoms with E-state index in [4.69, 9.17) is 5.73 Å². The highest BCUT2D eigenvalue weighted by Crippen LogP contribution is 2.35. The lowest BCUT2D eigenvalue weighted by atomic mass is 9.97. The number of benzene rings is 1. The van der Waals surface area contributed by atoms with Gasteiger partial charge in [0.05, 0.1) is 15.0 Å². The molecule has 3 N–H and O–H groups in total. The third-order valence-corrected chi connectivity index (χ3v) is 4.76. The Morgan fingerprint density at radius 3 is 2.64 bits per heavy atom. The van der Waals surface area contributed by atoms with Crippen LogP contribution in [-0.4, -0.2) is 16.4 Å². The van der Waals surface area contributed by atoms with Crippen molar-refractivity contribution in [2.24, 2.45) is 5.73 Å². The van der Waals surface area contributed by atoms with Crippen molar-refractivity contribution >= 4 is 50.7 Å². The van der Waals surface area contributed by atoms with Crippen LogP contribution in [0.3, 0.4) is 0 Å². The summed E-state index contributed by atoms with van der Waals surface area (Å²) >= 11 is 4.89. The maximum atomic E-state index is 12.2. The summed E-state index contributed by atoms with van der Waals surface area (Å²) < 4.78 is 0.887. The Hall–Kier alpha value is -0.950. The second kappa shape index (κ2) is 8.06. The molecule has 1 aromatic carbocycles.